The van der Waals surface area contributed by atoms with Crippen molar-refractivity contribution in [3.63, 3.8) is 0 Å². The third-order valence-electron chi connectivity index (χ3n) is 4.76. The lowest BCUT2D eigenvalue weighted by atomic mass is 9.94. The maximum absolute atomic E-state index is 12.6. The highest BCUT2D eigenvalue weighted by Gasteiger charge is 2.25. The van der Waals surface area contributed by atoms with Crippen LogP contribution in [0, 0.1) is 0 Å². The van der Waals surface area contributed by atoms with Gasteiger partial charge in [-0.15, -0.1) is 0 Å². The molecule has 0 spiro atoms. The summed E-state index contributed by atoms with van der Waals surface area (Å²) in [5.41, 5.74) is 0.970. The molecule has 0 N–H and O–H groups in total. The molecule has 1 fully saturated rings. The molecule has 1 saturated heterocycles. The van der Waals surface area contributed by atoms with E-state index in [-0.39, 0.29) is 5.91 Å². The molecule has 2 aliphatic rings. The number of amides is 1. The maximum Gasteiger partial charge on any atom is 0.226 e. The van der Waals surface area contributed by atoms with E-state index in [1.54, 1.807) is 6.26 Å². The first-order chi connectivity index (χ1) is 11.8. The van der Waals surface area contributed by atoms with Gasteiger partial charge in [0, 0.05) is 19.0 Å². The number of nitrogens with zero attached hydrogens (tertiary/aromatic N) is 1. The van der Waals surface area contributed by atoms with E-state index in [4.69, 9.17) is 13.9 Å². The van der Waals surface area contributed by atoms with Crippen LogP contribution < -0.4 is 9.47 Å². The molecule has 0 bridgehead atoms. The summed E-state index contributed by atoms with van der Waals surface area (Å²) in [5, 5.41) is 0. The van der Waals surface area contributed by atoms with Gasteiger partial charge < -0.3 is 18.8 Å². The van der Waals surface area contributed by atoms with Crippen molar-refractivity contribution in [3.8, 4) is 11.5 Å². The zero-order valence-electron chi connectivity index (χ0n) is 13.6. The summed E-state index contributed by atoms with van der Waals surface area (Å²) in [4.78, 5) is 14.5. The summed E-state index contributed by atoms with van der Waals surface area (Å²) in [6.45, 7) is 2.71. The summed E-state index contributed by atoms with van der Waals surface area (Å²) in [6.07, 6.45) is 4.04. The number of furan rings is 1. The minimum atomic E-state index is 0.171. The zero-order valence-corrected chi connectivity index (χ0v) is 13.6. The molecule has 2 aromatic rings. The lowest BCUT2D eigenvalue weighted by Gasteiger charge is -2.31. The molecule has 0 atom stereocenters. The van der Waals surface area contributed by atoms with Gasteiger partial charge in [-0.3, -0.25) is 4.79 Å². The fourth-order valence-corrected chi connectivity index (χ4v) is 3.42. The van der Waals surface area contributed by atoms with Crippen molar-refractivity contribution in [1.82, 2.24) is 4.90 Å². The summed E-state index contributed by atoms with van der Waals surface area (Å²) in [5.74, 6) is 3.14. The van der Waals surface area contributed by atoms with Gasteiger partial charge in [0.15, 0.2) is 11.5 Å². The number of carbonyl (C=O) groups is 1. The SMILES string of the molecule is O=C(Cc1ccc2c(c1)OCCO2)N1CCC(c2ccco2)CC1. The van der Waals surface area contributed by atoms with Crippen molar-refractivity contribution in [3.05, 3.63) is 47.9 Å². The molecule has 5 heteroatoms. The monoisotopic (exact) mass is 327 g/mol. The van der Waals surface area contributed by atoms with E-state index in [0.717, 1.165) is 48.8 Å². The number of fused-ring (bicyclic) bond motifs is 1. The van der Waals surface area contributed by atoms with Crippen LogP contribution in [0.1, 0.15) is 30.1 Å². The Hall–Kier alpha value is -2.43. The number of likely N-dealkylation sites (tertiary alicyclic amines) is 1. The zero-order chi connectivity index (χ0) is 16.4. The number of piperidine rings is 1. The topological polar surface area (TPSA) is 51.9 Å². The van der Waals surface area contributed by atoms with Crippen LogP contribution in [0.5, 0.6) is 11.5 Å². The molecule has 0 radical (unpaired) electrons. The number of hydrogen-bond donors (Lipinski definition) is 0. The molecular formula is C19H21NO4. The van der Waals surface area contributed by atoms with Gasteiger partial charge >= 0.3 is 0 Å². The lowest BCUT2D eigenvalue weighted by molar-refractivity contribution is -0.131. The highest BCUT2D eigenvalue weighted by molar-refractivity contribution is 5.79. The van der Waals surface area contributed by atoms with E-state index in [9.17, 15) is 4.79 Å². The van der Waals surface area contributed by atoms with Gasteiger partial charge in [-0.05, 0) is 42.7 Å². The second-order valence-electron chi connectivity index (χ2n) is 6.33. The average molecular weight is 327 g/mol. The largest absolute Gasteiger partial charge is 0.486 e. The van der Waals surface area contributed by atoms with Crippen molar-refractivity contribution >= 4 is 5.91 Å². The van der Waals surface area contributed by atoms with E-state index in [0.29, 0.717) is 25.6 Å². The van der Waals surface area contributed by atoms with Crippen molar-refractivity contribution in [2.75, 3.05) is 26.3 Å². The Morgan fingerprint density at radius 2 is 1.88 bits per heavy atom. The van der Waals surface area contributed by atoms with Crippen molar-refractivity contribution in [2.24, 2.45) is 0 Å². The Balaban J connectivity index is 1.35. The fourth-order valence-electron chi connectivity index (χ4n) is 3.42. The molecule has 1 amide bonds. The van der Waals surface area contributed by atoms with E-state index < -0.39 is 0 Å². The van der Waals surface area contributed by atoms with Crippen LogP contribution in [0.3, 0.4) is 0 Å². The quantitative estimate of drug-likeness (QED) is 0.869. The smallest absolute Gasteiger partial charge is 0.226 e. The van der Waals surface area contributed by atoms with Gasteiger partial charge in [-0.25, -0.2) is 0 Å². The van der Waals surface area contributed by atoms with E-state index in [1.165, 1.54) is 0 Å². The van der Waals surface area contributed by atoms with Gasteiger partial charge in [-0.2, -0.15) is 0 Å². The number of rotatable bonds is 3. The molecule has 4 rings (SSSR count). The van der Waals surface area contributed by atoms with Crippen LogP contribution in [0.4, 0.5) is 0 Å². The van der Waals surface area contributed by atoms with Crippen LogP contribution in [-0.2, 0) is 11.2 Å². The van der Waals surface area contributed by atoms with Gasteiger partial charge in [0.1, 0.15) is 19.0 Å². The van der Waals surface area contributed by atoms with E-state index in [2.05, 4.69) is 0 Å². The number of hydrogen-bond acceptors (Lipinski definition) is 4. The highest BCUT2D eigenvalue weighted by atomic mass is 16.6. The van der Waals surface area contributed by atoms with Crippen LogP contribution in [0.2, 0.25) is 0 Å². The minimum Gasteiger partial charge on any atom is -0.486 e. The average Bonchev–Trinajstić information content (AvgIpc) is 3.16. The molecule has 0 unspecified atom stereocenters. The summed E-state index contributed by atoms with van der Waals surface area (Å²) < 4.78 is 16.6. The second kappa shape index (κ2) is 6.59. The summed E-state index contributed by atoms with van der Waals surface area (Å²) in [7, 11) is 0. The van der Waals surface area contributed by atoms with Crippen molar-refractivity contribution in [2.45, 2.75) is 25.2 Å². The molecule has 0 aliphatic carbocycles. The molecule has 2 aliphatic heterocycles. The molecule has 0 saturated carbocycles. The molecule has 1 aromatic carbocycles. The molecule has 24 heavy (non-hydrogen) atoms. The molecule has 126 valence electrons. The lowest BCUT2D eigenvalue weighted by Crippen LogP contribution is -2.38. The van der Waals surface area contributed by atoms with Gasteiger partial charge in [0.2, 0.25) is 5.91 Å². The first-order valence-electron chi connectivity index (χ1n) is 8.49. The van der Waals surface area contributed by atoms with Gasteiger partial charge in [0.05, 0.1) is 12.7 Å². The van der Waals surface area contributed by atoms with Gasteiger partial charge in [0.25, 0.3) is 0 Å². The predicted octanol–water partition coefficient (Wildman–Crippen LogP) is 3.00. The van der Waals surface area contributed by atoms with Crippen molar-refractivity contribution < 1.29 is 18.7 Å². The van der Waals surface area contributed by atoms with Crippen molar-refractivity contribution in [1.29, 1.82) is 0 Å². The Morgan fingerprint density at radius 1 is 1.08 bits per heavy atom. The molecule has 1 aromatic heterocycles. The Bertz CT molecular complexity index is 702. The van der Waals surface area contributed by atoms with E-state index in [1.807, 2.05) is 35.2 Å². The van der Waals surface area contributed by atoms with Crippen LogP contribution in [0.15, 0.2) is 41.0 Å². The van der Waals surface area contributed by atoms with Crippen LogP contribution in [0.25, 0.3) is 0 Å². The third-order valence-corrected chi connectivity index (χ3v) is 4.76. The first-order valence-corrected chi connectivity index (χ1v) is 8.49. The van der Waals surface area contributed by atoms with E-state index >= 15 is 0 Å². The number of benzene rings is 1. The molecular weight excluding hydrogens is 306 g/mol. The minimum absolute atomic E-state index is 0.171. The Kier molecular flexibility index (Phi) is 4.15. The van der Waals surface area contributed by atoms with Gasteiger partial charge in [-0.1, -0.05) is 6.07 Å². The summed E-state index contributed by atoms with van der Waals surface area (Å²) >= 11 is 0. The highest BCUT2D eigenvalue weighted by Crippen LogP contribution is 2.32. The Morgan fingerprint density at radius 3 is 2.62 bits per heavy atom. The number of ether oxygens (including phenoxy) is 2. The molecule has 3 heterocycles. The predicted molar refractivity (Wildman–Crippen MR) is 88.4 cm³/mol. The fraction of sp³-hybridized carbons (Fsp3) is 0.421. The first kappa shape index (κ1) is 15.1. The van der Waals surface area contributed by atoms with Crippen LogP contribution in [-0.4, -0.2) is 37.1 Å². The standard InChI is InChI=1S/C19H21NO4/c21-19(13-14-3-4-17-18(12-14)24-11-10-23-17)20-7-5-15(6-8-20)16-2-1-9-22-16/h1-4,9,12,15H,5-8,10-11,13H2. The number of carbonyl (C=O) groups excluding carboxylic acids is 1. The van der Waals surface area contributed by atoms with Crippen LogP contribution >= 0.6 is 0 Å². The normalized spacial score (nSPS) is 17.8. The molecule has 5 nitrogen and oxygen atoms in total. The summed E-state index contributed by atoms with van der Waals surface area (Å²) in [6, 6.07) is 9.70. The maximum atomic E-state index is 12.6. The second-order valence-corrected chi connectivity index (χ2v) is 6.33. The Labute approximate surface area is 141 Å². The third kappa shape index (κ3) is 3.11.